The number of carbonyl (C=O) groups excluding carboxylic acids is 3. The molecule has 1 aliphatic rings. The van der Waals surface area contributed by atoms with Crippen LogP contribution in [0.25, 0.3) is 0 Å². The molecule has 8 heteroatoms. The van der Waals surface area contributed by atoms with Gasteiger partial charge in [0, 0.05) is 17.9 Å². The number of carbonyl (C=O) groups is 3. The molecule has 23 heavy (non-hydrogen) atoms. The molecule has 2 atom stereocenters. The summed E-state index contributed by atoms with van der Waals surface area (Å²) < 4.78 is 17.9. The highest BCUT2D eigenvalue weighted by Gasteiger charge is 2.34. The smallest absolute Gasteiger partial charge is 0.329 e. The van der Waals surface area contributed by atoms with Gasteiger partial charge in [-0.15, -0.1) is 11.8 Å². The molecule has 0 saturated carbocycles. The summed E-state index contributed by atoms with van der Waals surface area (Å²) in [4.78, 5) is 35.5. The molecule has 0 aliphatic carbocycles. The highest BCUT2D eigenvalue weighted by Crippen LogP contribution is 2.22. The predicted molar refractivity (Wildman–Crippen MR) is 84.5 cm³/mol. The normalized spacial score (nSPS) is 20.5. The van der Waals surface area contributed by atoms with Crippen molar-refractivity contribution in [1.82, 2.24) is 5.32 Å². The van der Waals surface area contributed by atoms with E-state index in [1.807, 2.05) is 0 Å². The first-order valence-corrected chi connectivity index (χ1v) is 8.18. The fraction of sp³-hybridized carbons (Fsp3) is 0.400. The highest BCUT2D eigenvalue weighted by atomic mass is 32.2. The lowest BCUT2D eigenvalue weighted by molar-refractivity contribution is -0.146. The van der Waals surface area contributed by atoms with Crippen LogP contribution in [0.1, 0.15) is 13.3 Å². The summed E-state index contributed by atoms with van der Waals surface area (Å²) in [6, 6.07) is 4.83. The van der Waals surface area contributed by atoms with Gasteiger partial charge in [0.15, 0.2) is 0 Å². The largest absolute Gasteiger partial charge is 0.464 e. The van der Waals surface area contributed by atoms with Gasteiger partial charge in [-0.2, -0.15) is 0 Å². The maximum Gasteiger partial charge on any atom is 0.329 e. The van der Waals surface area contributed by atoms with E-state index in [-0.39, 0.29) is 18.9 Å². The van der Waals surface area contributed by atoms with E-state index in [4.69, 9.17) is 4.74 Å². The number of hydrogen-bond acceptors (Lipinski definition) is 5. The van der Waals surface area contributed by atoms with Gasteiger partial charge >= 0.3 is 5.97 Å². The summed E-state index contributed by atoms with van der Waals surface area (Å²) in [6.45, 7) is 1.94. The third kappa shape index (κ3) is 4.95. The molecular formula is C15H17FN2O4S. The zero-order valence-electron chi connectivity index (χ0n) is 12.5. The summed E-state index contributed by atoms with van der Waals surface area (Å²) in [6.07, 6.45) is -0.0530. The Hall–Kier alpha value is -2.09. The average Bonchev–Trinajstić information content (AvgIpc) is 2.49. The second kappa shape index (κ2) is 7.96. The molecule has 0 unspecified atom stereocenters. The molecule has 2 N–H and O–H groups in total. The molecule has 2 amide bonds. The van der Waals surface area contributed by atoms with E-state index in [2.05, 4.69) is 10.6 Å². The van der Waals surface area contributed by atoms with Gasteiger partial charge < -0.3 is 15.4 Å². The monoisotopic (exact) mass is 340 g/mol. The SMILES string of the molecule is CCOC(=O)[C@@H]1CS[C@@H](CC(=O)Nc2cccc(F)c2)C(=O)N1. The molecular weight excluding hydrogens is 323 g/mol. The summed E-state index contributed by atoms with van der Waals surface area (Å²) in [5.41, 5.74) is 0.334. The topological polar surface area (TPSA) is 84.5 Å². The van der Waals surface area contributed by atoms with E-state index in [9.17, 15) is 18.8 Å². The molecule has 1 saturated heterocycles. The maximum atomic E-state index is 13.1. The fourth-order valence-corrected chi connectivity index (χ4v) is 3.20. The van der Waals surface area contributed by atoms with E-state index in [0.29, 0.717) is 11.4 Å². The Morgan fingerprint density at radius 2 is 2.26 bits per heavy atom. The lowest BCUT2D eigenvalue weighted by Gasteiger charge is -2.27. The van der Waals surface area contributed by atoms with Gasteiger partial charge in [0.2, 0.25) is 11.8 Å². The molecule has 2 rings (SSSR count). The Bertz CT molecular complexity index is 611. The number of ether oxygens (including phenoxy) is 1. The van der Waals surface area contributed by atoms with Gasteiger partial charge in [-0.25, -0.2) is 9.18 Å². The summed E-state index contributed by atoms with van der Waals surface area (Å²) in [5, 5.41) is 4.51. The van der Waals surface area contributed by atoms with Crippen LogP contribution in [-0.2, 0) is 19.1 Å². The van der Waals surface area contributed by atoms with Gasteiger partial charge in [-0.1, -0.05) is 6.07 Å². The number of hydrogen-bond donors (Lipinski definition) is 2. The number of thioether (sulfide) groups is 1. The molecule has 1 aliphatic heterocycles. The minimum absolute atomic E-state index is 0.0530. The van der Waals surface area contributed by atoms with Crippen molar-refractivity contribution >= 4 is 35.2 Å². The number of rotatable bonds is 5. The maximum absolute atomic E-state index is 13.1. The van der Waals surface area contributed by atoms with E-state index in [1.165, 1.54) is 30.0 Å². The van der Waals surface area contributed by atoms with Gasteiger partial charge in [0.05, 0.1) is 11.9 Å². The van der Waals surface area contributed by atoms with Crippen LogP contribution in [0.15, 0.2) is 24.3 Å². The van der Waals surface area contributed by atoms with E-state index >= 15 is 0 Å². The van der Waals surface area contributed by atoms with Crippen molar-refractivity contribution in [3.05, 3.63) is 30.1 Å². The minimum Gasteiger partial charge on any atom is -0.464 e. The first-order valence-electron chi connectivity index (χ1n) is 7.13. The van der Waals surface area contributed by atoms with Crippen LogP contribution < -0.4 is 10.6 Å². The van der Waals surface area contributed by atoms with E-state index in [1.54, 1.807) is 13.0 Å². The molecule has 0 bridgehead atoms. The molecule has 1 heterocycles. The van der Waals surface area contributed by atoms with Gasteiger partial charge in [0.1, 0.15) is 11.9 Å². The molecule has 1 aromatic rings. The standard InChI is InChI=1S/C15H17FN2O4S/c1-2-22-15(21)11-8-23-12(14(20)18-11)7-13(19)17-10-5-3-4-9(16)6-10/h3-6,11-12H,2,7-8H2,1H3,(H,17,19)(H,18,20)/t11-,12-/m0/s1. The van der Waals surface area contributed by atoms with Gasteiger partial charge in [0.25, 0.3) is 0 Å². The Labute approximate surface area is 137 Å². The first-order chi connectivity index (χ1) is 11.0. The first kappa shape index (κ1) is 17.3. The third-order valence-corrected chi connectivity index (χ3v) is 4.43. The Morgan fingerprint density at radius 3 is 2.91 bits per heavy atom. The quantitative estimate of drug-likeness (QED) is 0.790. The van der Waals surface area contributed by atoms with Crippen LogP contribution in [0.2, 0.25) is 0 Å². The van der Waals surface area contributed by atoms with Crippen molar-refractivity contribution in [3.8, 4) is 0 Å². The second-order valence-electron chi connectivity index (χ2n) is 4.90. The van der Waals surface area contributed by atoms with Crippen molar-refractivity contribution in [2.24, 2.45) is 0 Å². The van der Waals surface area contributed by atoms with Crippen LogP contribution in [0.4, 0.5) is 10.1 Å². The van der Waals surface area contributed by atoms with Gasteiger partial charge in [-0.05, 0) is 25.1 Å². The molecule has 124 valence electrons. The summed E-state index contributed by atoms with van der Waals surface area (Å²) in [7, 11) is 0. The number of esters is 1. The van der Waals surface area contributed by atoms with Crippen molar-refractivity contribution in [1.29, 1.82) is 0 Å². The molecule has 0 radical (unpaired) electrons. The number of anilines is 1. The zero-order chi connectivity index (χ0) is 16.8. The Morgan fingerprint density at radius 1 is 1.48 bits per heavy atom. The average molecular weight is 340 g/mol. The predicted octanol–water partition coefficient (Wildman–Crippen LogP) is 1.32. The number of halogens is 1. The number of nitrogens with one attached hydrogen (secondary N) is 2. The molecule has 0 spiro atoms. The molecule has 1 aromatic carbocycles. The molecule has 1 fully saturated rings. The van der Waals surface area contributed by atoms with E-state index < -0.39 is 29.0 Å². The molecule has 0 aromatic heterocycles. The second-order valence-corrected chi connectivity index (χ2v) is 6.13. The van der Waals surface area contributed by atoms with Crippen LogP contribution in [0.3, 0.4) is 0 Å². The van der Waals surface area contributed by atoms with Crippen LogP contribution in [-0.4, -0.2) is 41.4 Å². The third-order valence-electron chi connectivity index (χ3n) is 3.12. The zero-order valence-corrected chi connectivity index (χ0v) is 13.3. The van der Waals surface area contributed by atoms with Crippen molar-refractivity contribution < 1.29 is 23.5 Å². The lowest BCUT2D eigenvalue weighted by Crippen LogP contribution is -2.51. The minimum atomic E-state index is -0.685. The van der Waals surface area contributed by atoms with Crippen molar-refractivity contribution in [2.45, 2.75) is 24.6 Å². The van der Waals surface area contributed by atoms with Crippen LogP contribution in [0, 0.1) is 5.82 Å². The van der Waals surface area contributed by atoms with Crippen molar-refractivity contribution in [2.75, 3.05) is 17.7 Å². The van der Waals surface area contributed by atoms with E-state index in [0.717, 1.165) is 0 Å². The molecule has 6 nitrogen and oxygen atoms in total. The summed E-state index contributed by atoms with van der Waals surface area (Å²) >= 11 is 1.23. The Balaban J connectivity index is 1.85. The Kier molecular flexibility index (Phi) is 5.97. The number of amides is 2. The van der Waals surface area contributed by atoms with Crippen molar-refractivity contribution in [3.63, 3.8) is 0 Å². The number of benzene rings is 1. The lowest BCUT2D eigenvalue weighted by atomic mass is 10.2. The van der Waals surface area contributed by atoms with Crippen LogP contribution >= 0.6 is 11.8 Å². The van der Waals surface area contributed by atoms with Gasteiger partial charge in [-0.3, -0.25) is 9.59 Å². The fourth-order valence-electron chi connectivity index (χ4n) is 2.06. The van der Waals surface area contributed by atoms with Crippen LogP contribution in [0.5, 0.6) is 0 Å². The highest BCUT2D eigenvalue weighted by molar-refractivity contribution is 8.00. The summed E-state index contributed by atoms with van der Waals surface area (Å²) in [5.74, 6) is -1.35.